The molecule has 1 atom stereocenters. The van der Waals surface area contributed by atoms with Crippen molar-refractivity contribution in [2.45, 2.75) is 26.5 Å². The molecule has 0 fully saturated rings. The molecule has 0 radical (unpaired) electrons. The molecule has 0 saturated carbocycles. The molecule has 0 saturated heterocycles. The van der Waals surface area contributed by atoms with E-state index in [1.807, 2.05) is 49.7 Å². The average molecular weight is 346 g/mol. The molecule has 136 valence electrons. The van der Waals surface area contributed by atoms with E-state index in [9.17, 15) is 0 Å². The molecule has 1 aromatic heterocycles. The second-order valence-electron chi connectivity index (χ2n) is 5.61. The van der Waals surface area contributed by atoms with Crippen LogP contribution >= 0.6 is 0 Å². The Bertz CT molecular complexity index is 713. The van der Waals surface area contributed by atoms with Crippen molar-refractivity contribution in [2.24, 2.45) is 12.0 Å². The van der Waals surface area contributed by atoms with Crippen LogP contribution in [0.1, 0.15) is 18.6 Å². The van der Waals surface area contributed by atoms with Gasteiger partial charge in [-0.1, -0.05) is 12.1 Å². The zero-order chi connectivity index (χ0) is 18.2. The molecule has 1 aromatic carbocycles. The molecule has 0 aliphatic rings. The first kappa shape index (κ1) is 18.6. The molecule has 8 heteroatoms. The SMILES string of the molecule is CN=C(NCc1nnc(C)n1C)NCC(C)Oc1ccccc1OC. The van der Waals surface area contributed by atoms with E-state index in [0.717, 1.165) is 23.1 Å². The van der Waals surface area contributed by atoms with Crippen LogP contribution in [0, 0.1) is 6.92 Å². The Morgan fingerprint density at radius 1 is 1.24 bits per heavy atom. The zero-order valence-corrected chi connectivity index (χ0v) is 15.4. The third-order valence-electron chi connectivity index (χ3n) is 3.77. The Labute approximate surface area is 148 Å². The molecule has 2 aromatic rings. The minimum atomic E-state index is -0.0630. The lowest BCUT2D eigenvalue weighted by molar-refractivity contribution is 0.213. The van der Waals surface area contributed by atoms with Crippen LogP contribution in [0.25, 0.3) is 0 Å². The van der Waals surface area contributed by atoms with E-state index in [4.69, 9.17) is 9.47 Å². The Morgan fingerprint density at radius 2 is 1.96 bits per heavy atom. The first-order valence-electron chi connectivity index (χ1n) is 8.14. The highest BCUT2D eigenvalue weighted by Crippen LogP contribution is 2.26. The molecule has 2 N–H and O–H groups in total. The molecule has 8 nitrogen and oxygen atoms in total. The summed E-state index contributed by atoms with van der Waals surface area (Å²) in [5, 5.41) is 14.6. The minimum absolute atomic E-state index is 0.0630. The fourth-order valence-corrected chi connectivity index (χ4v) is 2.20. The number of hydrogen-bond acceptors (Lipinski definition) is 5. The van der Waals surface area contributed by atoms with Crippen LogP contribution in [0.5, 0.6) is 11.5 Å². The van der Waals surface area contributed by atoms with E-state index in [2.05, 4.69) is 25.8 Å². The summed E-state index contributed by atoms with van der Waals surface area (Å²) in [5.41, 5.74) is 0. The predicted octanol–water partition coefficient (Wildman–Crippen LogP) is 1.26. The van der Waals surface area contributed by atoms with E-state index in [-0.39, 0.29) is 6.10 Å². The van der Waals surface area contributed by atoms with Gasteiger partial charge in [0.2, 0.25) is 0 Å². The number of aryl methyl sites for hydroxylation is 1. The molecule has 0 amide bonds. The molecular weight excluding hydrogens is 320 g/mol. The van der Waals surface area contributed by atoms with Gasteiger partial charge < -0.3 is 24.7 Å². The van der Waals surface area contributed by atoms with Gasteiger partial charge in [0.1, 0.15) is 11.9 Å². The lowest BCUT2D eigenvalue weighted by Gasteiger charge is -2.19. The second-order valence-corrected chi connectivity index (χ2v) is 5.61. The number of nitrogens with zero attached hydrogens (tertiary/aromatic N) is 4. The highest BCUT2D eigenvalue weighted by molar-refractivity contribution is 5.79. The van der Waals surface area contributed by atoms with Crippen LogP contribution in [-0.4, -0.2) is 47.5 Å². The van der Waals surface area contributed by atoms with Crippen molar-refractivity contribution in [1.82, 2.24) is 25.4 Å². The van der Waals surface area contributed by atoms with Gasteiger partial charge in [-0.05, 0) is 26.0 Å². The summed E-state index contributed by atoms with van der Waals surface area (Å²) in [7, 11) is 5.29. The van der Waals surface area contributed by atoms with E-state index in [0.29, 0.717) is 19.0 Å². The topological polar surface area (TPSA) is 85.6 Å². The molecule has 2 rings (SSSR count). The Morgan fingerprint density at radius 3 is 2.56 bits per heavy atom. The van der Waals surface area contributed by atoms with E-state index < -0.39 is 0 Å². The van der Waals surface area contributed by atoms with Gasteiger partial charge in [-0.15, -0.1) is 10.2 Å². The summed E-state index contributed by atoms with van der Waals surface area (Å²) in [5.74, 6) is 3.83. The number of ether oxygens (including phenoxy) is 2. The van der Waals surface area contributed by atoms with Crippen LogP contribution in [0.15, 0.2) is 29.3 Å². The summed E-state index contributed by atoms with van der Waals surface area (Å²) >= 11 is 0. The number of benzene rings is 1. The first-order valence-corrected chi connectivity index (χ1v) is 8.14. The normalized spacial score (nSPS) is 12.6. The fraction of sp³-hybridized carbons (Fsp3) is 0.471. The first-order chi connectivity index (χ1) is 12.0. The van der Waals surface area contributed by atoms with Crippen LogP contribution in [-0.2, 0) is 13.6 Å². The maximum Gasteiger partial charge on any atom is 0.191 e. The van der Waals surface area contributed by atoms with Gasteiger partial charge in [-0.3, -0.25) is 4.99 Å². The van der Waals surface area contributed by atoms with Gasteiger partial charge in [0, 0.05) is 14.1 Å². The van der Waals surface area contributed by atoms with Crippen molar-refractivity contribution in [2.75, 3.05) is 20.7 Å². The summed E-state index contributed by atoms with van der Waals surface area (Å²) in [6.45, 7) is 5.04. The number of methoxy groups -OCH3 is 1. The van der Waals surface area contributed by atoms with Gasteiger partial charge in [-0.25, -0.2) is 0 Å². The highest BCUT2D eigenvalue weighted by Gasteiger charge is 2.10. The fourth-order valence-electron chi connectivity index (χ4n) is 2.20. The summed E-state index contributed by atoms with van der Waals surface area (Å²) in [4.78, 5) is 4.21. The maximum atomic E-state index is 5.92. The summed E-state index contributed by atoms with van der Waals surface area (Å²) in [6, 6.07) is 7.59. The van der Waals surface area contributed by atoms with Crippen LogP contribution in [0.3, 0.4) is 0 Å². The molecule has 0 aliphatic carbocycles. The maximum absolute atomic E-state index is 5.92. The Hall–Kier alpha value is -2.77. The molecule has 0 aliphatic heterocycles. The van der Waals surface area contributed by atoms with Crippen molar-refractivity contribution in [3.63, 3.8) is 0 Å². The number of hydrogen-bond donors (Lipinski definition) is 2. The lowest BCUT2D eigenvalue weighted by atomic mass is 10.3. The second kappa shape index (κ2) is 8.91. The number of aromatic nitrogens is 3. The number of para-hydroxylation sites is 2. The standard InChI is InChI=1S/C17H26N6O2/c1-12(25-15-9-7-6-8-14(15)24-5)10-19-17(18-3)20-11-16-22-21-13(2)23(16)4/h6-9,12H,10-11H2,1-5H3,(H2,18,19,20). The van der Waals surface area contributed by atoms with Gasteiger partial charge in [0.15, 0.2) is 23.3 Å². The van der Waals surface area contributed by atoms with Gasteiger partial charge in [0.25, 0.3) is 0 Å². The molecule has 1 unspecified atom stereocenters. The summed E-state index contributed by atoms with van der Waals surface area (Å²) < 4.78 is 13.2. The smallest absolute Gasteiger partial charge is 0.191 e. The number of nitrogens with one attached hydrogen (secondary N) is 2. The average Bonchev–Trinajstić information content (AvgIpc) is 2.94. The Balaban J connectivity index is 1.82. The summed E-state index contributed by atoms with van der Waals surface area (Å²) in [6.07, 6.45) is -0.0630. The molecule has 1 heterocycles. The molecule has 0 spiro atoms. The molecular formula is C17H26N6O2. The van der Waals surface area contributed by atoms with Crippen molar-refractivity contribution < 1.29 is 9.47 Å². The van der Waals surface area contributed by atoms with Gasteiger partial charge in [-0.2, -0.15) is 0 Å². The Kier molecular flexibility index (Phi) is 6.62. The van der Waals surface area contributed by atoms with E-state index >= 15 is 0 Å². The third-order valence-corrected chi connectivity index (χ3v) is 3.77. The van der Waals surface area contributed by atoms with Crippen molar-refractivity contribution in [1.29, 1.82) is 0 Å². The lowest BCUT2D eigenvalue weighted by Crippen LogP contribution is -2.41. The number of rotatable bonds is 7. The van der Waals surface area contributed by atoms with Crippen molar-refractivity contribution >= 4 is 5.96 Å². The highest BCUT2D eigenvalue weighted by atomic mass is 16.5. The van der Waals surface area contributed by atoms with Crippen LogP contribution in [0.2, 0.25) is 0 Å². The number of aliphatic imine (C=N–C) groups is 1. The minimum Gasteiger partial charge on any atom is -0.493 e. The molecule has 25 heavy (non-hydrogen) atoms. The van der Waals surface area contributed by atoms with E-state index in [1.165, 1.54) is 0 Å². The van der Waals surface area contributed by atoms with Crippen molar-refractivity contribution in [3.8, 4) is 11.5 Å². The quantitative estimate of drug-likeness (QED) is 0.580. The largest absolute Gasteiger partial charge is 0.493 e. The third kappa shape index (κ3) is 5.10. The predicted molar refractivity (Wildman–Crippen MR) is 97.0 cm³/mol. The molecule has 0 bridgehead atoms. The van der Waals surface area contributed by atoms with Crippen molar-refractivity contribution in [3.05, 3.63) is 35.9 Å². The van der Waals surface area contributed by atoms with E-state index in [1.54, 1.807) is 14.2 Å². The number of guanidine groups is 1. The van der Waals surface area contributed by atoms with Gasteiger partial charge in [0.05, 0.1) is 20.2 Å². The monoisotopic (exact) mass is 346 g/mol. The van der Waals surface area contributed by atoms with Gasteiger partial charge >= 0.3 is 0 Å². The van der Waals surface area contributed by atoms with Crippen LogP contribution in [0.4, 0.5) is 0 Å². The zero-order valence-electron chi connectivity index (χ0n) is 15.4. The van der Waals surface area contributed by atoms with Crippen LogP contribution < -0.4 is 20.1 Å².